The first-order valence-corrected chi connectivity index (χ1v) is 15.5. The van der Waals surface area contributed by atoms with Gasteiger partial charge in [0.05, 0.1) is 28.2 Å². The number of thiazole rings is 1. The van der Waals surface area contributed by atoms with Gasteiger partial charge in [-0.15, -0.1) is 27.6 Å². The molecule has 15 heteroatoms. The molecule has 244 valence electrons. The Morgan fingerprint density at radius 2 is 1.98 bits per heavy atom. The van der Waals surface area contributed by atoms with Gasteiger partial charge >= 0.3 is 6.09 Å². The topological polar surface area (TPSA) is 121 Å². The average molecular weight is 701 g/mol. The molecule has 5 aromatic rings. The molecule has 0 bridgehead atoms. The first-order chi connectivity index (χ1) is 22.0. The van der Waals surface area contributed by atoms with E-state index in [0.29, 0.717) is 27.6 Å². The van der Waals surface area contributed by atoms with Crippen molar-refractivity contribution in [3.05, 3.63) is 112 Å². The molecular formula is C32H29Cl2F2N7O3S. The molecule has 1 amide bonds. The molecule has 0 radical (unpaired) electrons. The maximum Gasteiger partial charge on any atom is 0.418 e. The summed E-state index contributed by atoms with van der Waals surface area (Å²) in [5, 5.41) is 27.9. The average Bonchev–Trinajstić information content (AvgIpc) is 3.75. The van der Waals surface area contributed by atoms with Gasteiger partial charge in [0.15, 0.2) is 0 Å². The van der Waals surface area contributed by atoms with Crippen LogP contribution in [0.25, 0.3) is 11.3 Å². The molecular weight excluding hydrogens is 671 g/mol. The number of amides is 1. The lowest BCUT2D eigenvalue weighted by Gasteiger charge is -2.32. The zero-order valence-electron chi connectivity index (χ0n) is 25.4. The Morgan fingerprint density at radius 1 is 1.23 bits per heavy atom. The minimum Gasteiger partial charge on any atom is -1.00 e. The summed E-state index contributed by atoms with van der Waals surface area (Å²) in [4.78, 5) is 23.1. The highest BCUT2D eigenvalue weighted by molar-refractivity contribution is 7.10. The molecule has 3 atom stereocenters. The van der Waals surface area contributed by atoms with Crippen LogP contribution in [0.15, 0.2) is 78.8 Å². The number of rotatable bonds is 10. The molecule has 0 aliphatic heterocycles. The third kappa shape index (κ3) is 7.58. The number of carbonyl (C=O) groups is 1. The third-order valence-electron chi connectivity index (χ3n) is 7.61. The van der Waals surface area contributed by atoms with E-state index >= 15 is 4.39 Å². The van der Waals surface area contributed by atoms with E-state index < -0.39 is 35.5 Å². The maximum absolute atomic E-state index is 15.3. The lowest BCUT2D eigenvalue weighted by atomic mass is 9.82. The van der Waals surface area contributed by atoms with Gasteiger partial charge in [-0.1, -0.05) is 25.1 Å². The van der Waals surface area contributed by atoms with Gasteiger partial charge in [0.25, 0.3) is 6.33 Å². The molecule has 0 spiro atoms. The molecule has 3 heterocycles. The van der Waals surface area contributed by atoms with E-state index in [9.17, 15) is 14.3 Å². The number of pyridine rings is 1. The van der Waals surface area contributed by atoms with E-state index in [1.807, 2.05) is 0 Å². The van der Waals surface area contributed by atoms with Crippen LogP contribution >= 0.6 is 22.9 Å². The third-order valence-corrected chi connectivity index (χ3v) is 8.93. The van der Waals surface area contributed by atoms with Crippen LogP contribution in [0.3, 0.4) is 0 Å². The van der Waals surface area contributed by atoms with Gasteiger partial charge in [-0.3, -0.25) is 4.90 Å². The largest absolute Gasteiger partial charge is 1.00 e. The van der Waals surface area contributed by atoms with Crippen LogP contribution < -0.4 is 21.9 Å². The van der Waals surface area contributed by atoms with E-state index in [0.717, 1.165) is 23.8 Å². The number of aliphatic hydroxyl groups is 1. The summed E-state index contributed by atoms with van der Waals surface area (Å²) in [6.07, 6.45) is 2.90. The number of aromatic nitrogens is 5. The minimum absolute atomic E-state index is 0. The molecule has 2 aromatic carbocycles. The Morgan fingerprint density at radius 3 is 2.68 bits per heavy atom. The summed E-state index contributed by atoms with van der Waals surface area (Å²) < 4.78 is 38.1. The number of hydrogen-bond acceptors (Lipinski definition) is 8. The van der Waals surface area contributed by atoms with Crippen molar-refractivity contribution in [2.45, 2.75) is 44.0 Å². The fourth-order valence-corrected chi connectivity index (χ4v) is 6.07. The number of nitrogens with zero attached hydrogens (tertiary/aromatic N) is 7. The zero-order chi connectivity index (χ0) is 33.0. The smallest absolute Gasteiger partial charge is 0.418 e. The summed E-state index contributed by atoms with van der Waals surface area (Å²) in [6, 6.07) is 15.3. The minimum atomic E-state index is -2.01. The summed E-state index contributed by atoms with van der Waals surface area (Å²) in [5.41, 5.74) is 0.262. The van der Waals surface area contributed by atoms with Gasteiger partial charge in [-0.05, 0) is 36.4 Å². The first kappa shape index (κ1) is 35.4. The van der Waals surface area contributed by atoms with Crippen molar-refractivity contribution < 1.29 is 40.4 Å². The molecule has 0 aliphatic carbocycles. The Bertz CT molecular complexity index is 1900. The van der Waals surface area contributed by atoms with Crippen LogP contribution in [0, 0.1) is 23.0 Å². The van der Waals surface area contributed by atoms with Crippen LogP contribution in [0.2, 0.25) is 0 Å². The highest BCUT2D eigenvalue weighted by atomic mass is 35.5. The zero-order valence-corrected chi connectivity index (χ0v) is 27.7. The van der Waals surface area contributed by atoms with E-state index in [-0.39, 0.29) is 30.4 Å². The van der Waals surface area contributed by atoms with Crippen LogP contribution in [0.1, 0.15) is 47.7 Å². The van der Waals surface area contributed by atoms with Crippen LogP contribution in [0.5, 0.6) is 0 Å². The lowest BCUT2D eigenvalue weighted by molar-refractivity contribution is -0.753. The number of ether oxygens (including phenoxy) is 1. The molecule has 5 rings (SSSR count). The normalized spacial score (nSPS) is 13.5. The summed E-state index contributed by atoms with van der Waals surface area (Å²) in [6.45, 7) is 3.01. The Kier molecular flexibility index (Phi) is 11.3. The SMILES string of the molecule is CC(OC(=O)N(C)c1ncccc1CCl)[n+]1cnn(C[C@](O)(c2cc(F)ccc2F)[C@@H](C)c2nc(-c3ccc(C#N)cc3)cs2)c1.[Cl-]. The number of halogens is 4. The predicted octanol–water partition coefficient (Wildman–Crippen LogP) is 3.06. The summed E-state index contributed by atoms with van der Waals surface area (Å²) in [7, 11) is 1.52. The van der Waals surface area contributed by atoms with Crippen molar-refractivity contribution in [3.8, 4) is 17.3 Å². The van der Waals surface area contributed by atoms with Gasteiger partial charge in [0.2, 0.25) is 12.6 Å². The molecule has 1 N–H and O–H groups in total. The van der Waals surface area contributed by atoms with Gasteiger partial charge in [0.1, 0.15) is 29.6 Å². The predicted molar refractivity (Wildman–Crippen MR) is 167 cm³/mol. The Balaban J connectivity index is 0.00000500. The fraction of sp³-hybridized carbons (Fsp3) is 0.250. The summed E-state index contributed by atoms with van der Waals surface area (Å²) >= 11 is 7.25. The second kappa shape index (κ2) is 15.0. The molecule has 10 nitrogen and oxygen atoms in total. The molecule has 47 heavy (non-hydrogen) atoms. The van der Waals surface area contributed by atoms with E-state index in [4.69, 9.17) is 26.6 Å². The number of carbonyl (C=O) groups excluding carboxylic acids is 1. The van der Waals surface area contributed by atoms with Crippen molar-refractivity contribution in [1.29, 1.82) is 5.26 Å². The Hall–Kier alpha value is -4.48. The Labute approximate surface area is 284 Å². The van der Waals surface area contributed by atoms with E-state index in [1.165, 1.54) is 45.2 Å². The molecule has 0 fully saturated rings. The van der Waals surface area contributed by atoms with Gasteiger partial charge < -0.3 is 22.3 Å². The summed E-state index contributed by atoms with van der Waals surface area (Å²) in [5.74, 6) is -1.82. The van der Waals surface area contributed by atoms with Crippen molar-refractivity contribution in [1.82, 2.24) is 19.7 Å². The van der Waals surface area contributed by atoms with Crippen LogP contribution in [-0.2, 0) is 22.8 Å². The number of benzene rings is 2. The maximum atomic E-state index is 15.3. The second-order valence-corrected chi connectivity index (χ2v) is 11.7. The molecule has 0 saturated carbocycles. The molecule has 1 unspecified atom stereocenters. The van der Waals surface area contributed by atoms with Gasteiger partial charge in [-0.25, -0.2) is 23.5 Å². The molecule has 0 aliphatic rings. The highest BCUT2D eigenvalue weighted by Crippen LogP contribution is 2.41. The van der Waals surface area contributed by atoms with Crippen molar-refractivity contribution in [2.24, 2.45) is 0 Å². The van der Waals surface area contributed by atoms with Crippen molar-refractivity contribution in [3.63, 3.8) is 0 Å². The fourth-order valence-electron chi connectivity index (χ4n) is 4.89. The van der Waals surface area contributed by atoms with Crippen LogP contribution in [0.4, 0.5) is 19.4 Å². The molecule has 0 saturated heterocycles. The van der Waals surface area contributed by atoms with Crippen LogP contribution in [-0.4, -0.2) is 38.0 Å². The van der Waals surface area contributed by atoms with E-state index in [2.05, 4.69) is 16.2 Å². The standard InChI is InChI=1S/C32H29ClF2N7O3S.ClH/c1-20(30-39-28(16-46-30)23-8-6-22(15-36)7-9-23)32(44,26-13-25(34)10-11-27(26)35)17-42-19-41(18-38-42)21(2)45-31(43)40(3)29-24(14-33)5-4-12-37-29;/h4-13,16,18-21,44H,14,17H2,1-3H3;1H/q+1;/p-1/t20-,21?,32+;/m0./s1. The van der Waals surface area contributed by atoms with Crippen molar-refractivity contribution in [2.75, 3.05) is 11.9 Å². The lowest BCUT2D eigenvalue weighted by Crippen LogP contribution is -3.00. The second-order valence-electron chi connectivity index (χ2n) is 10.6. The number of alkyl halides is 1. The van der Waals surface area contributed by atoms with Gasteiger partial charge in [-0.2, -0.15) is 9.83 Å². The quantitative estimate of drug-likeness (QED) is 0.176. The van der Waals surface area contributed by atoms with Gasteiger partial charge in [0, 0.05) is 53.3 Å². The number of hydrogen-bond donors (Lipinski definition) is 1. The molecule has 3 aromatic heterocycles. The van der Waals surface area contributed by atoms with Crippen molar-refractivity contribution >= 4 is 34.8 Å². The number of anilines is 1. The number of nitriles is 1. The highest BCUT2D eigenvalue weighted by Gasteiger charge is 2.43. The first-order valence-electron chi connectivity index (χ1n) is 14.0. The van der Waals surface area contributed by atoms with E-state index in [1.54, 1.807) is 61.8 Å². The monoisotopic (exact) mass is 699 g/mol.